The van der Waals surface area contributed by atoms with E-state index in [0.29, 0.717) is 34.7 Å². The summed E-state index contributed by atoms with van der Waals surface area (Å²) in [5.41, 5.74) is -0.436. The molecule has 8 aliphatic carbocycles. The third-order valence-corrected chi connectivity index (χ3v) is 15.1. The molecule has 222 valence electrons. The van der Waals surface area contributed by atoms with Crippen LogP contribution in [-0.4, -0.2) is 37.9 Å². The number of hydrogen-bond donors (Lipinski definition) is 3. The Labute approximate surface area is 248 Å². The zero-order valence-electron chi connectivity index (χ0n) is 24.0. The molecule has 3 N–H and O–H groups in total. The van der Waals surface area contributed by atoms with Gasteiger partial charge in [0.25, 0.3) is 5.91 Å². The SMILES string of the molecule is CC(C)(NS(=O)(=O)c1ccc(C(=O)NC2C3CC4CC(C3)CC2C4)cc1Cl)C(=O)NC1C2CC3CC4CC1CC34C2. The van der Waals surface area contributed by atoms with E-state index >= 15 is 0 Å². The van der Waals surface area contributed by atoms with Crippen molar-refractivity contribution in [2.45, 2.75) is 101 Å². The van der Waals surface area contributed by atoms with Crippen LogP contribution < -0.4 is 15.4 Å². The lowest BCUT2D eigenvalue weighted by molar-refractivity contribution is -0.127. The summed E-state index contributed by atoms with van der Waals surface area (Å²) in [5.74, 6) is 4.92. The van der Waals surface area contributed by atoms with Crippen molar-refractivity contribution in [1.29, 1.82) is 0 Å². The molecule has 1 aromatic rings. The summed E-state index contributed by atoms with van der Waals surface area (Å²) in [6.07, 6.45) is 12.4. The largest absolute Gasteiger partial charge is 0.351 e. The third-order valence-electron chi connectivity index (χ3n) is 12.9. The summed E-state index contributed by atoms with van der Waals surface area (Å²) in [5, 5.41) is 6.52. The van der Waals surface area contributed by atoms with E-state index in [-0.39, 0.29) is 33.8 Å². The zero-order chi connectivity index (χ0) is 28.5. The van der Waals surface area contributed by atoms with Gasteiger partial charge in [0.15, 0.2) is 0 Å². The van der Waals surface area contributed by atoms with Gasteiger partial charge in [-0.15, -0.1) is 0 Å². The molecular weight excluding hydrogens is 558 g/mol. The zero-order valence-corrected chi connectivity index (χ0v) is 25.6. The summed E-state index contributed by atoms with van der Waals surface area (Å²) < 4.78 is 29.5. The molecule has 9 rings (SSSR count). The van der Waals surface area contributed by atoms with Crippen molar-refractivity contribution in [1.82, 2.24) is 15.4 Å². The first-order valence-electron chi connectivity index (χ1n) is 15.9. The minimum absolute atomic E-state index is 0.0220. The first-order chi connectivity index (χ1) is 19.4. The number of hydrogen-bond acceptors (Lipinski definition) is 4. The van der Waals surface area contributed by atoms with Crippen LogP contribution in [0.1, 0.15) is 88.4 Å². The van der Waals surface area contributed by atoms with Gasteiger partial charge in [0.1, 0.15) is 10.4 Å². The summed E-state index contributed by atoms with van der Waals surface area (Å²) in [7, 11) is -4.12. The highest BCUT2D eigenvalue weighted by atomic mass is 35.5. The maximum absolute atomic E-state index is 13.5. The van der Waals surface area contributed by atoms with E-state index in [1.54, 1.807) is 13.8 Å². The van der Waals surface area contributed by atoms with E-state index in [1.807, 2.05) is 0 Å². The van der Waals surface area contributed by atoms with Crippen molar-refractivity contribution in [3.05, 3.63) is 28.8 Å². The van der Waals surface area contributed by atoms with Crippen molar-refractivity contribution in [3.8, 4) is 0 Å². The average Bonchev–Trinajstić information content (AvgIpc) is 3.27. The van der Waals surface area contributed by atoms with Crippen molar-refractivity contribution < 1.29 is 18.0 Å². The van der Waals surface area contributed by atoms with Gasteiger partial charge in [-0.2, -0.15) is 4.72 Å². The number of rotatable bonds is 7. The van der Waals surface area contributed by atoms with Gasteiger partial charge in [0, 0.05) is 17.6 Å². The summed E-state index contributed by atoms with van der Waals surface area (Å²) in [6.45, 7) is 3.21. The lowest BCUT2D eigenvalue weighted by atomic mass is 9.54. The van der Waals surface area contributed by atoms with Crippen LogP contribution >= 0.6 is 11.6 Å². The molecule has 9 heteroatoms. The van der Waals surface area contributed by atoms with Crippen molar-refractivity contribution >= 4 is 33.4 Å². The number of carbonyl (C=O) groups is 2. The van der Waals surface area contributed by atoms with E-state index < -0.39 is 15.6 Å². The van der Waals surface area contributed by atoms with Crippen molar-refractivity contribution in [2.24, 2.45) is 52.8 Å². The highest BCUT2D eigenvalue weighted by Crippen LogP contribution is 2.75. The number of benzene rings is 1. The lowest BCUT2D eigenvalue weighted by Crippen LogP contribution is -2.58. The highest BCUT2D eigenvalue weighted by Gasteiger charge is 2.69. The van der Waals surface area contributed by atoms with Gasteiger partial charge in [0.05, 0.1) is 5.02 Å². The molecule has 41 heavy (non-hydrogen) atoms. The number of amides is 2. The van der Waals surface area contributed by atoms with Gasteiger partial charge in [-0.3, -0.25) is 9.59 Å². The molecule has 8 fully saturated rings. The molecule has 1 spiro atoms. The van der Waals surface area contributed by atoms with Crippen LogP contribution in [0.4, 0.5) is 0 Å². The van der Waals surface area contributed by atoms with Crippen LogP contribution in [0.15, 0.2) is 23.1 Å². The Morgan fingerprint density at radius 1 is 0.829 bits per heavy atom. The topological polar surface area (TPSA) is 104 Å². The quantitative estimate of drug-likeness (QED) is 0.415. The molecule has 0 heterocycles. The van der Waals surface area contributed by atoms with E-state index in [2.05, 4.69) is 15.4 Å². The number of fused-ring (bicyclic) bond motifs is 2. The molecule has 7 nitrogen and oxygen atoms in total. The molecule has 1 aromatic carbocycles. The average molecular weight is 600 g/mol. The molecule has 4 unspecified atom stereocenters. The van der Waals surface area contributed by atoms with Crippen LogP contribution in [0.5, 0.6) is 0 Å². The second-order valence-electron chi connectivity index (χ2n) is 15.6. The fraction of sp³-hybridized carbons (Fsp3) is 0.750. The Balaban J connectivity index is 0.934. The normalized spacial score (nSPS) is 43.1. The first-order valence-corrected chi connectivity index (χ1v) is 17.7. The number of sulfonamides is 1. The van der Waals surface area contributed by atoms with Gasteiger partial charge < -0.3 is 10.6 Å². The van der Waals surface area contributed by atoms with Crippen LogP contribution in [0.25, 0.3) is 0 Å². The molecule has 4 atom stereocenters. The fourth-order valence-electron chi connectivity index (χ4n) is 11.5. The second-order valence-corrected chi connectivity index (χ2v) is 17.6. The lowest BCUT2D eigenvalue weighted by Gasteiger charge is -2.54. The predicted molar refractivity (Wildman–Crippen MR) is 156 cm³/mol. The molecule has 0 saturated heterocycles. The van der Waals surface area contributed by atoms with Crippen LogP contribution in [0.2, 0.25) is 5.02 Å². The van der Waals surface area contributed by atoms with Crippen molar-refractivity contribution in [2.75, 3.05) is 0 Å². The van der Waals surface area contributed by atoms with Crippen LogP contribution in [0, 0.1) is 52.8 Å². The number of carbonyl (C=O) groups excluding carboxylic acids is 2. The Morgan fingerprint density at radius 2 is 1.41 bits per heavy atom. The van der Waals surface area contributed by atoms with Gasteiger partial charge >= 0.3 is 0 Å². The Morgan fingerprint density at radius 3 is 2.00 bits per heavy atom. The van der Waals surface area contributed by atoms with Crippen molar-refractivity contribution in [3.63, 3.8) is 0 Å². The van der Waals surface area contributed by atoms with Gasteiger partial charge in [-0.05, 0) is 149 Å². The first kappa shape index (κ1) is 26.9. The fourth-order valence-corrected chi connectivity index (χ4v) is 13.4. The van der Waals surface area contributed by atoms with E-state index in [9.17, 15) is 18.0 Å². The van der Waals surface area contributed by atoms with Crippen LogP contribution in [-0.2, 0) is 14.8 Å². The number of nitrogens with one attached hydrogen (secondary N) is 3. The van der Waals surface area contributed by atoms with Crippen LogP contribution in [0.3, 0.4) is 0 Å². The summed E-state index contributed by atoms with van der Waals surface area (Å²) in [4.78, 5) is 26.6. The second kappa shape index (κ2) is 8.95. The van der Waals surface area contributed by atoms with E-state index in [0.717, 1.165) is 23.7 Å². The molecular formula is C32H42ClN3O4S. The monoisotopic (exact) mass is 599 g/mol. The Kier molecular flexibility index (Phi) is 5.88. The molecule has 0 aliphatic heterocycles. The highest BCUT2D eigenvalue weighted by molar-refractivity contribution is 7.89. The minimum Gasteiger partial charge on any atom is -0.351 e. The van der Waals surface area contributed by atoms with E-state index in [1.165, 1.54) is 82.4 Å². The smallest absolute Gasteiger partial charge is 0.251 e. The minimum atomic E-state index is -4.12. The molecule has 0 aromatic heterocycles. The van der Waals surface area contributed by atoms with Gasteiger partial charge in [-0.1, -0.05) is 11.6 Å². The van der Waals surface area contributed by atoms with E-state index in [4.69, 9.17) is 11.6 Å². The molecule has 0 radical (unpaired) electrons. The molecule has 7 bridgehead atoms. The Bertz CT molecular complexity index is 1370. The molecule has 8 aliphatic rings. The summed E-state index contributed by atoms with van der Waals surface area (Å²) in [6, 6.07) is 4.67. The maximum Gasteiger partial charge on any atom is 0.251 e. The van der Waals surface area contributed by atoms with Gasteiger partial charge in [0.2, 0.25) is 15.9 Å². The number of halogens is 1. The molecule has 2 amide bonds. The van der Waals surface area contributed by atoms with Gasteiger partial charge in [-0.25, -0.2) is 8.42 Å². The maximum atomic E-state index is 13.5. The summed E-state index contributed by atoms with van der Waals surface area (Å²) >= 11 is 6.49. The standard InChI is InChI=1S/C32H42ClN3O4S/c1-31(2,30(38)35-28-21-10-23-13-24-11-22(28)15-32(23,24)14-21)36-41(39,40)26-4-3-18(12-25(26)33)29(37)34-27-19-6-16-5-17(8-19)9-20(27)7-16/h3-4,12,16-17,19-24,27-28,36H,5-11,13-15H2,1-2H3,(H,34,37)(H,35,38). The molecule has 8 saturated carbocycles. The predicted octanol–water partition coefficient (Wildman–Crippen LogP) is 4.89. The third kappa shape index (κ3) is 4.09. The Hall–Kier alpha value is -1.64.